The first kappa shape index (κ1) is 26.0. The van der Waals surface area contributed by atoms with Crippen molar-refractivity contribution in [3.05, 3.63) is 112 Å². The smallest absolute Gasteiger partial charge is 0.407 e. The minimum atomic E-state index is -0.598. The number of thiophene rings is 1. The van der Waals surface area contributed by atoms with E-state index in [0.717, 1.165) is 27.0 Å². The summed E-state index contributed by atoms with van der Waals surface area (Å²) in [6.07, 6.45) is 1.11. The molecule has 1 aliphatic heterocycles. The molecule has 1 saturated heterocycles. The summed E-state index contributed by atoms with van der Waals surface area (Å²) in [6.45, 7) is 1.92. The Morgan fingerprint density at radius 1 is 1.05 bits per heavy atom. The third-order valence-electron chi connectivity index (χ3n) is 7.07. The van der Waals surface area contributed by atoms with Gasteiger partial charge in [-0.15, -0.1) is 11.3 Å². The van der Waals surface area contributed by atoms with E-state index < -0.39 is 24.1 Å². The Morgan fingerprint density at radius 2 is 1.80 bits per heavy atom. The highest BCUT2D eigenvalue weighted by Gasteiger charge is 2.48. The summed E-state index contributed by atoms with van der Waals surface area (Å²) in [5, 5.41) is 8.24. The van der Waals surface area contributed by atoms with E-state index in [0.29, 0.717) is 10.0 Å². The van der Waals surface area contributed by atoms with Crippen LogP contribution in [0.2, 0.25) is 4.34 Å². The highest BCUT2D eigenvalue weighted by molar-refractivity contribution is 7.16. The molecule has 3 atom stereocenters. The first-order valence-corrected chi connectivity index (χ1v) is 13.9. The van der Waals surface area contributed by atoms with E-state index >= 15 is 0 Å². The van der Waals surface area contributed by atoms with Crippen LogP contribution in [-0.4, -0.2) is 27.8 Å². The molecule has 1 N–H and O–H groups in total. The standard InChI is InChI=1S/C30H24ClFN4O3S/c1-18-27(34-30(38)39-17-19-5-3-2-4-6-19)28(25-13-14-26(31)40-25)35(29(18)37)23-11-12-24-20(15-23)16-33-36(24)22-9-7-21(32)8-10-22/h2-16,18,27-28H,17H2,1H3,(H,34,38)/t18-,27+,28-/m1/s1. The number of nitrogens with one attached hydrogen (secondary N) is 1. The SMILES string of the molecule is C[C@H]1C(=O)N(c2ccc3c(cnn3-c3ccc(F)cc3)c2)[C@H](c2ccc(Cl)s2)[C@H]1NC(=O)OCc1ccccc1. The van der Waals surface area contributed by atoms with Crippen molar-refractivity contribution in [1.82, 2.24) is 15.1 Å². The highest BCUT2D eigenvalue weighted by Crippen LogP contribution is 2.44. The third kappa shape index (κ3) is 4.94. The Kier molecular flexibility index (Phi) is 7.00. The fourth-order valence-electron chi connectivity index (χ4n) is 5.09. The number of nitrogens with zero attached hydrogens (tertiary/aromatic N) is 3. The van der Waals surface area contributed by atoms with E-state index in [1.54, 1.807) is 40.9 Å². The number of anilines is 1. The molecule has 40 heavy (non-hydrogen) atoms. The Labute approximate surface area is 238 Å². The molecule has 0 spiro atoms. The highest BCUT2D eigenvalue weighted by atomic mass is 35.5. The second-order valence-electron chi connectivity index (χ2n) is 9.59. The summed E-state index contributed by atoms with van der Waals surface area (Å²) in [5.41, 5.74) is 3.06. The van der Waals surface area contributed by atoms with E-state index in [2.05, 4.69) is 10.4 Å². The first-order valence-electron chi connectivity index (χ1n) is 12.7. The molecule has 2 aromatic heterocycles. The van der Waals surface area contributed by atoms with Gasteiger partial charge < -0.3 is 15.0 Å². The third-order valence-corrected chi connectivity index (χ3v) is 8.37. The summed E-state index contributed by atoms with van der Waals surface area (Å²) >= 11 is 7.66. The summed E-state index contributed by atoms with van der Waals surface area (Å²) in [5.74, 6) is -0.975. The maximum atomic E-state index is 13.7. The fourth-order valence-corrected chi connectivity index (χ4v) is 6.29. The maximum Gasteiger partial charge on any atom is 0.407 e. The minimum Gasteiger partial charge on any atom is -0.445 e. The van der Waals surface area contributed by atoms with Gasteiger partial charge in [-0.05, 0) is 60.2 Å². The largest absolute Gasteiger partial charge is 0.445 e. The van der Waals surface area contributed by atoms with Crippen molar-refractivity contribution in [1.29, 1.82) is 0 Å². The van der Waals surface area contributed by atoms with Gasteiger partial charge in [0.1, 0.15) is 12.4 Å². The van der Waals surface area contributed by atoms with Crippen LogP contribution in [0.15, 0.2) is 91.1 Å². The lowest BCUT2D eigenvalue weighted by Crippen LogP contribution is -2.42. The lowest BCUT2D eigenvalue weighted by Gasteiger charge is -2.28. The van der Waals surface area contributed by atoms with Crippen molar-refractivity contribution in [3.8, 4) is 5.69 Å². The molecule has 0 aliphatic carbocycles. The average Bonchev–Trinajstić information content (AvgIpc) is 3.65. The van der Waals surface area contributed by atoms with Gasteiger partial charge in [-0.25, -0.2) is 13.9 Å². The van der Waals surface area contributed by atoms with E-state index in [-0.39, 0.29) is 18.3 Å². The Morgan fingerprint density at radius 3 is 2.52 bits per heavy atom. The van der Waals surface area contributed by atoms with Crippen molar-refractivity contribution in [2.75, 3.05) is 4.90 Å². The van der Waals surface area contributed by atoms with Gasteiger partial charge in [-0.2, -0.15) is 5.10 Å². The molecular formula is C30H24ClFN4O3S. The molecule has 3 aromatic carbocycles. The zero-order chi connectivity index (χ0) is 27.8. The molecule has 0 saturated carbocycles. The number of aromatic nitrogens is 2. The van der Waals surface area contributed by atoms with E-state index in [1.807, 2.05) is 54.6 Å². The molecule has 0 radical (unpaired) electrons. The van der Waals surface area contributed by atoms with E-state index in [4.69, 9.17) is 16.3 Å². The number of carbonyl (C=O) groups excluding carboxylic acids is 2. The number of hydrogen-bond donors (Lipinski definition) is 1. The second-order valence-corrected chi connectivity index (χ2v) is 11.3. The van der Waals surface area contributed by atoms with Crippen LogP contribution in [0.25, 0.3) is 16.6 Å². The van der Waals surface area contributed by atoms with Gasteiger partial charge in [0, 0.05) is 16.0 Å². The average molecular weight is 575 g/mol. The fraction of sp³-hybridized carbons (Fsp3) is 0.167. The molecular weight excluding hydrogens is 551 g/mol. The van der Waals surface area contributed by atoms with Crippen LogP contribution in [0.3, 0.4) is 0 Å². The van der Waals surface area contributed by atoms with Gasteiger partial charge in [0.15, 0.2) is 0 Å². The topological polar surface area (TPSA) is 76.5 Å². The molecule has 6 rings (SSSR count). The van der Waals surface area contributed by atoms with Gasteiger partial charge in [0.25, 0.3) is 0 Å². The zero-order valence-corrected chi connectivity index (χ0v) is 22.9. The van der Waals surface area contributed by atoms with Gasteiger partial charge in [0.05, 0.1) is 39.7 Å². The van der Waals surface area contributed by atoms with Crippen molar-refractivity contribution >= 4 is 51.5 Å². The molecule has 7 nitrogen and oxygen atoms in total. The van der Waals surface area contributed by atoms with Gasteiger partial charge in [-0.3, -0.25) is 4.79 Å². The number of hydrogen-bond acceptors (Lipinski definition) is 5. The van der Waals surface area contributed by atoms with Crippen LogP contribution in [0.1, 0.15) is 23.4 Å². The Hall–Kier alpha value is -4.21. The van der Waals surface area contributed by atoms with Gasteiger partial charge >= 0.3 is 6.09 Å². The summed E-state index contributed by atoms with van der Waals surface area (Å²) < 4.78 is 21.2. The van der Waals surface area contributed by atoms with Crippen LogP contribution in [-0.2, 0) is 16.1 Å². The van der Waals surface area contributed by atoms with Crippen LogP contribution < -0.4 is 10.2 Å². The normalized spacial score (nSPS) is 18.8. The maximum absolute atomic E-state index is 13.7. The number of ether oxygens (including phenoxy) is 1. The van der Waals surface area contributed by atoms with Crippen molar-refractivity contribution in [3.63, 3.8) is 0 Å². The molecule has 5 aromatic rings. The Balaban J connectivity index is 1.31. The van der Waals surface area contributed by atoms with Crippen molar-refractivity contribution < 1.29 is 18.7 Å². The molecule has 0 bridgehead atoms. The summed E-state index contributed by atoms with van der Waals surface area (Å²) in [7, 11) is 0. The number of rotatable bonds is 6. The lowest BCUT2D eigenvalue weighted by molar-refractivity contribution is -0.120. The number of amides is 2. The molecule has 1 fully saturated rings. The second kappa shape index (κ2) is 10.7. The monoisotopic (exact) mass is 574 g/mol. The molecule has 3 heterocycles. The minimum absolute atomic E-state index is 0.121. The molecule has 2 amide bonds. The predicted octanol–water partition coefficient (Wildman–Crippen LogP) is 6.90. The number of benzene rings is 3. The summed E-state index contributed by atoms with van der Waals surface area (Å²) in [6, 6.07) is 23.7. The molecule has 0 unspecified atom stereocenters. The van der Waals surface area contributed by atoms with Crippen LogP contribution in [0.4, 0.5) is 14.9 Å². The summed E-state index contributed by atoms with van der Waals surface area (Å²) in [4.78, 5) is 29.1. The Bertz CT molecular complexity index is 1690. The van der Waals surface area contributed by atoms with Crippen LogP contribution in [0, 0.1) is 11.7 Å². The molecule has 202 valence electrons. The number of fused-ring (bicyclic) bond motifs is 1. The number of halogens is 2. The molecule has 10 heteroatoms. The van der Waals surface area contributed by atoms with Crippen molar-refractivity contribution in [2.24, 2.45) is 5.92 Å². The van der Waals surface area contributed by atoms with Gasteiger partial charge in [-0.1, -0.05) is 48.9 Å². The number of alkyl carbamates (subject to hydrolysis) is 1. The molecule has 1 aliphatic rings. The van der Waals surface area contributed by atoms with E-state index in [1.165, 1.54) is 23.5 Å². The van der Waals surface area contributed by atoms with Crippen LogP contribution in [0.5, 0.6) is 0 Å². The number of carbonyl (C=O) groups is 2. The quantitative estimate of drug-likeness (QED) is 0.239. The van der Waals surface area contributed by atoms with Crippen LogP contribution >= 0.6 is 22.9 Å². The zero-order valence-electron chi connectivity index (χ0n) is 21.3. The van der Waals surface area contributed by atoms with Gasteiger partial charge in [0.2, 0.25) is 5.91 Å². The van der Waals surface area contributed by atoms with E-state index in [9.17, 15) is 14.0 Å². The lowest BCUT2D eigenvalue weighted by atomic mass is 9.99. The van der Waals surface area contributed by atoms with Crippen molar-refractivity contribution in [2.45, 2.75) is 25.6 Å². The predicted molar refractivity (Wildman–Crippen MR) is 153 cm³/mol. The first-order chi connectivity index (χ1) is 19.4.